The lowest BCUT2D eigenvalue weighted by Crippen LogP contribution is -2.26. The molecule has 1 fully saturated rings. The number of nitrogens with zero attached hydrogens (tertiary/aromatic N) is 3. The fraction of sp³-hybridized carbons (Fsp3) is 0.778. The second kappa shape index (κ2) is 3.67. The monoisotopic (exact) mass is 196 g/mol. The van der Waals surface area contributed by atoms with Gasteiger partial charge in [-0.2, -0.15) is 0 Å². The first-order valence-corrected chi connectivity index (χ1v) is 4.92. The minimum Gasteiger partial charge on any atom is -0.378 e. The average molecular weight is 196 g/mol. The Morgan fingerprint density at radius 3 is 3.00 bits per heavy atom. The van der Waals surface area contributed by atoms with E-state index in [9.17, 15) is 0 Å². The lowest BCUT2D eigenvalue weighted by molar-refractivity contribution is 0.0991. The summed E-state index contributed by atoms with van der Waals surface area (Å²) in [5.41, 5.74) is 6.96. The Hall–Kier alpha value is -0.940. The first-order valence-electron chi connectivity index (χ1n) is 4.92. The SMILES string of the molecule is CC1OCCC1C(N)c1cn(C)nn1. The molecule has 3 atom stereocenters. The quantitative estimate of drug-likeness (QED) is 0.735. The molecule has 2 rings (SSSR count). The van der Waals surface area contributed by atoms with Crippen molar-refractivity contribution < 1.29 is 4.74 Å². The van der Waals surface area contributed by atoms with E-state index >= 15 is 0 Å². The van der Waals surface area contributed by atoms with Gasteiger partial charge in [-0.1, -0.05) is 5.21 Å². The van der Waals surface area contributed by atoms with Gasteiger partial charge in [-0.05, 0) is 13.3 Å². The molecular formula is C9H16N4O. The van der Waals surface area contributed by atoms with Crippen LogP contribution in [0.25, 0.3) is 0 Å². The Labute approximate surface area is 83.2 Å². The van der Waals surface area contributed by atoms with E-state index in [0.717, 1.165) is 18.7 Å². The molecule has 0 saturated carbocycles. The van der Waals surface area contributed by atoms with Gasteiger partial charge in [0.15, 0.2) is 0 Å². The topological polar surface area (TPSA) is 66.0 Å². The van der Waals surface area contributed by atoms with E-state index in [1.54, 1.807) is 4.68 Å². The number of aryl methyl sites for hydroxylation is 1. The van der Waals surface area contributed by atoms with Crippen LogP contribution in [-0.4, -0.2) is 27.7 Å². The number of hydrogen-bond acceptors (Lipinski definition) is 4. The molecule has 0 bridgehead atoms. The van der Waals surface area contributed by atoms with Gasteiger partial charge in [0.1, 0.15) is 0 Å². The summed E-state index contributed by atoms with van der Waals surface area (Å²) in [6.45, 7) is 2.87. The molecule has 14 heavy (non-hydrogen) atoms. The first kappa shape index (κ1) is 9.61. The molecule has 5 nitrogen and oxygen atoms in total. The molecule has 0 amide bonds. The molecule has 1 aliphatic rings. The highest BCUT2D eigenvalue weighted by molar-refractivity contribution is 5.03. The van der Waals surface area contributed by atoms with Crippen LogP contribution >= 0.6 is 0 Å². The van der Waals surface area contributed by atoms with Gasteiger partial charge in [0.05, 0.1) is 17.8 Å². The number of ether oxygens (including phenoxy) is 1. The summed E-state index contributed by atoms with van der Waals surface area (Å²) in [5, 5.41) is 7.91. The predicted molar refractivity (Wildman–Crippen MR) is 51.5 cm³/mol. The van der Waals surface area contributed by atoms with Crippen LogP contribution in [0.5, 0.6) is 0 Å². The van der Waals surface area contributed by atoms with Gasteiger partial charge in [-0.3, -0.25) is 4.68 Å². The molecule has 0 aliphatic carbocycles. The Morgan fingerprint density at radius 2 is 2.50 bits per heavy atom. The van der Waals surface area contributed by atoms with Gasteiger partial charge in [-0.25, -0.2) is 0 Å². The lowest BCUT2D eigenvalue weighted by atomic mass is 9.92. The minimum absolute atomic E-state index is 0.0544. The maximum atomic E-state index is 6.11. The first-order chi connectivity index (χ1) is 6.68. The van der Waals surface area contributed by atoms with Crippen molar-refractivity contribution in [1.29, 1.82) is 0 Å². The van der Waals surface area contributed by atoms with E-state index in [-0.39, 0.29) is 12.1 Å². The molecular weight excluding hydrogens is 180 g/mol. The minimum atomic E-state index is -0.0544. The summed E-state index contributed by atoms with van der Waals surface area (Å²) < 4.78 is 7.16. The Balaban J connectivity index is 2.11. The van der Waals surface area contributed by atoms with Gasteiger partial charge in [0, 0.05) is 25.8 Å². The molecule has 5 heteroatoms. The average Bonchev–Trinajstić information content (AvgIpc) is 2.73. The summed E-state index contributed by atoms with van der Waals surface area (Å²) >= 11 is 0. The van der Waals surface area contributed by atoms with Gasteiger partial charge in [0.25, 0.3) is 0 Å². The predicted octanol–water partition coefficient (Wildman–Crippen LogP) is 0.240. The van der Waals surface area contributed by atoms with E-state index in [2.05, 4.69) is 17.2 Å². The van der Waals surface area contributed by atoms with Crippen LogP contribution in [0.3, 0.4) is 0 Å². The van der Waals surface area contributed by atoms with Crippen molar-refractivity contribution in [3.05, 3.63) is 11.9 Å². The maximum absolute atomic E-state index is 6.11. The van der Waals surface area contributed by atoms with E-state index in [1.165, 1.54) is 0 Å². The van der Waals surface area contributed by atoms with Gasteiger partial charge < -0.3 is 10.5 Å². The van der Waals surface area contributed by atoms with Crippen LogP contribution in [0.2, 0.25) is 0 Å². The highest BCUT2D eigenvalue weighted by Crippen LogP contribution is 2.30. The van der Waals surface area contributed by atoms with Crippen molar-refractivity contribution in [1.82, 2.24) is 15.0 Å². The summed E-state index contributed by atoms with van der Waals surface area (Å²) in [4.78, 5) is 0. The second-order valence-corrected chi connectivity index (χ2v) is 3.87. The fourth-order valence-corrected chi connectivity index (χ4v) is 1.96. The van der Waals surface area contributed by atoms with Crippen molar-refractivity contribution in [3.63, 3.8) is 0 Å². The molecule has 2 heterocycles. The summed E-state index contributed by atoms with van der Waals surface area (Å²) in [6, 6.07) is -0.0544. The van der Waals surface area contributed by atoms with E-state index < -0.39 is 0 Å². The zero-order valence-corrected chi connectivity index (χ0v) is 8.55. The van der Waals surface area contributed by atoms with Crippen molar-refractivity contribution >= 4 is 0 Å². The van der Waals surface area contributed by atoms with Crippen LogP contribution in [0.1, 0.15) is 25.1 Å². The normalized spacial score (nSPS) is 29.4. The van der Waals surface area contributed by atoms with E-state index in [1.807, 2.05) is 13.2 Å². The van der Waals surface area contributed by atoms with Gasteiger partial charge in [-0.15, -0.1) is 5.10 Å². The third-order valence-corrected chi connectivity index (χ3v) is 2.86. The molecule has 1 aliphatic heterocycles. The molecule has 2 N–H and O–H groups in total. The molecule has 78 valence electrons. The van der Waals surface area contributed by atoms with Crippen molar-refractivity contribution in [2.24, 2.45) is 18.7 Å². The van der Waals surface area contributed by atoms with Crippen LogP contribution in [0.4, 0.5) is 0 Å². The van der Waals surface area contributed by atoms with Crippen LogP contribution < -0.4 is 5.73 Å². The van der Waals surface area contributed by atoms with Crippen molar-refractivity contribution in [2.45, 2.75) is 25.5 Å². The van der Waals surface area contributed by atoms with Crippen LogP contribution in [0, 0.1) is 5.92 Å². The summed E-state index contributed by atoms with van der Waals surface area (Å²) in [6.07, 6.45) is 3.11. The molecule has 1 aromatic rings. The maximum Gasteiger partial charge on any atom is 0.0997 e. The standard InChI is InChI=1S/C9H16N4O/c1-6-7(3-4-14-6)9(10)8-5-13(2)12-11-8/h5-7,9H,3-4,10H2,1-2H3. The molecule has 0 spiro atoms. The molecule has 0 radical (unpaired) electrons. The highest BCUT2D eigenvalue weighted by atomic mass is 16.5. The number of rotatable bonds is 2. The third-order valence-electron chi connectivity index (χ3n) is 2.86. The van der Waals surface area contributed by atoms with Gasteiger partial charge >= 0.3 is 0 Å². The molecule has 1 saturated heterocycles. The number of aromatic nitrogens is 3. The summed E-state index contributed by atoms with van der Waals surface area (Å²) in [5.74, 6) is 0.367. The third kappa shape index (κ3) is 1.65. The van der Waals surface area contributed by atoms with E-state index in [4.69, 9.17) is 10.5 Å². The smallest absolute Gasteiger partial charge is 0.0997 e. The zero-order valence-electron chi connectivity index (χ0n) is 8.55. The van der Waals surface area contributed by atoms with E-state index in [0.29, 0.717) is 5.92 Å². The van der Waals surface area contributed by atoms with Crippen LogP contribution in [-0.2, 0) is 11.8 Å². The van der Waals surface area contributed by atoms with Crippen molar-refractivity contribution in [2.75, 3.05) is 6.61 Å². The lowest BCUT2D eigenvalue weighted by Gasteiger charge is -2.19. The summed E-state index contributed by atoms with van der Waals surface area (Å²) in [7, 11) is 1.85. The zero-order chi connectivity index (χ0) is 10.1. The number of hydrogen-bond donors (Lipinski definition) is 1. The largest absolute Gasteiger partial charge is 0.378 e. The fourth-order valence-electron chi connectivity index (χ4n) is 1.96. The highest BCUT2D eigenvalue weighted by Gasteiger charge is 2.31. The molecule has 3 unspecified atom stereocenters. The Bertz CT molecular complexity index is 312. The van der Waals surface area contributed by atoms with Crippen LogP contribution in [0.15, 0.2) is 6.20 Å². The number of nitrogens with two attached hydrogens (primary N) is 1. The molecule has 1 aromatic heterocycles. The second-order valence-electron chi connectivity index (χ2n) is 3.87. The Kier molecular flexibility index (Phi) is 2.52. The molecule has 0 aromatic carbocycles. The van der Waals surface area contributed by atoms with Crippen molar-refractivity contribution in [3.8, 4) is 0 Å². The Morgan fingerprint density at radius 1 is 1.71 bits per heavy atom. The van der Waals surface area contributed by atoms with Gasteiger partial charge in [0.2, 0.25) is 0 Å².